The Hall–Kier alpha value is -2.81. The fraction of sp³-hybridized carbons (Fsp3) is 0.308. The van der Waals surface area contributed by atoms with Crippen LogP contribution in [0.4, 0.5) is 4.39 Å². The molecule has 0 bridgehead atoms. The minimum Gasteiger partial charge on any atom is -0.257 e. The van der Waals surface area contributed by atoms with Crippen molar-refractivity contribution in [3.05, 3.63) is 84.8 Å². The van der Waals surface area contributed by atoms with E-state index in [4.69, 9.17) is 0 Å². The lowest BCUT2D eigenvalue weighted by Gasteiger charge is -2.07. The monoisotopic (exact) mass is 388 g/mol. The zero-order valence-corrected chi connectivity index (χ0v) is 17.2. The number of unbranched alkanes of at least 4 members (excludes halogenated alkanes) is 2. The van der Waals surface area contributed by atoms with Gasteiger partial charge in [-0.25, -0.2) is 4.39 Å². The van der Waals surface area contributed by atoms with Gasteiger partial charge in [-0.05, 0) is 42.9 Å². The van der Waals surface area contributed by atoms with Gasteiger partial charge in [0.1, 0.15) is 0 Å². The third kappa shape index (κ3) is 6.35. The molecular formula is C26H29FN2. The van der Waals surface area contributed by atoms with Gasteiger partial charge in [0.05, 0.1) is 23.8 Å². The molecule has 2 aromatic carbocycles. The summed E-state index contributed by atoms with van der Waals surface area (Å²) in [7, 11) is 0. The molecular weight excluding hydrogens is 359 g/mol. The third-order valence-electron chi connectivity index (χ3n) is 5.09. The van der Waals surface area contributed by atoms with E-state index in [1.54, 1.807) is 6.92 Å². The molecule has 150 valence electrons. The molecule has 3 heteroatoms. The number of hydrogen-bond acceptors (Lipinski definition) is 2. The molecule has 0 aliphatic rings. The lowest BCUT2D eigenvalue weighted by atomic mass is 9.99. The molecule has 1 heterocycles. The highest BCUT2D eigenvalue weighted by Gasteiger charge is 2.03. The Morgan fingerprint density at radius 1 is 0.862 bits per heavy atom. The van der Waals surface area contributed by atoms with Crippen LogP contribution in [0.25, 0.3) is 22.4 Å². The molecule has 0 spiro atoms. The smallest absolute Gasteiger partial charge is 0.0973 e. The summed E-state index contributed by atoms with van der Waals surface area (Å²) < 4.78 is 12.8. The van der Waals surface area contributed by atoms with Gasteiger partial charge in [0.15, 0.2) is 0 Å². The molecule has 0 N–H and O–H groups in total. The molecule has 1 atom stereocenters. The molecule has 0 saturated carbocycles. The van der Waals surface area contributed by atoms with Crippen molar-refractivity contribution in [3.63, 3.8) is 0 Å². The van der Waals surface area contributed by atoms with Gasteiger partial charge in [0.25, 0.3) is 0 Å². The third-order valence-corrected chi connectivity index (χ3v) is 5.09. The van der Waals surface area contributed by atoms with Crippen LogP contribution in [-0.2, 0) is 12.8 Å². The molecule has 3 aromatic rings. The van der Waals surface area contributed by atoms with Crippen molar-refractivity contribution in [2.24, 2.45) is 0 Å². The Kier molecular flexibility index (Phi) is 7.69. The predicted molar refractivity (Wildman–Crippen MR) is 120 cm³/mol. The van der Waals surface area contributed by atoms with Crippen LogP contribution in [0.3, 0.4) is 0 Å². The minimum absolute atomic E-state index is 0.677. The zero-order chi connectivity index (χ0) is 20.5. The van der Waals surface area contributed by atoms with Crippen molar-refractivity contribution < 1.29 is 4.39 Å². The van der Waals surface area contributed by atoms with Crippen LogP contribution in [0.1, 0.15) is 43.9 Å². The molecule has 3 rings (SSSR count). The van der Waals surface area contributed by atoms with Crippen LogP contribution in [0.2, 0.25) is 0 Å². The lowest BCUT2D eigenvalue weighted by Crippen LogP contribution is -1.93. The largest absolute Gasteiger partial charge is 0.257 e. The van der Waals surface area contributed by atoms with Crippen LogP contribution in [0.15, 0.2) is 73.6 Å². The predicted octanol–water partition coefficient (Wildman–Crippen LogP) is 7.00. The average Bonchev–Trinajstić information content (AvgIpc) is 2.75. The standard InChI is InChI=1S/C26H29FN2/c1-3-7-25-18-29-26(19-28-25)24-16-14-23(15-17-24)22-12-10-21(11-13-22)9-6-4-5-8-20(2)27/h3,10-20H,1,4-9H2,2H3. The van der Waals surface area contributed by atoms with Crippen molar-refractivity contribution in [2.45, 2.75) is 51.6 Å². The first-order valence-corrected chi connectivity index (χ1v) is 10.4. The molecule has 2 nitrogen and oxygen atoms in total. The number of hydrogen-bond donors (Lipinski definition) is 0. The number of alkyl halides is 1. The van der Waals surface area contributed by atoms with Crippen LogP contribution in [-0.4, -0.2) is 16.1 Å². The molecule has 29 heavy (non-hydrogen) atoms. The Bertz CT molecular complexity index is 882. The van der Waals surface area contributed by atoms with Crippen molar-refractivity contribution >= 4 is 0 Å². The van der Waals surface area contributed by atoms with Crippen molar-refractivity contribution in [3.8, 4) is 22.4 Å². The van der Waals surface area contributed by atoms with E-state index in [9.17, 15) is 4.39 Å². The number of rotatable bonds is 10. The Morgan fingerprint density at radius 2 is 1.52 bits per heavy atom. The number of allylic oxidation sites excluding steroid dienone is 1. The first kappa shape index (κ1) is 20.9. The number of aryl methyl sites for hydroxylation is 1. The molecule has 0 amide bonds. The maximum absolute atomic E-state index is 12.8. The van der Waals surface area contributed by atoms with Gasteiger partial charge in [-0.2, -0.15) is 0 Å². The second-order valence-corrected chi connectivity index (χ2v) is 7.54. The van der Waals surface area contributed by atoms with E-state index in [1.807, 2.05) is 18.5 Å². The van der Waals surface area contributed by atoms with Gasteiger partial charge in [-0.3, -0.25) is 9.97 Å². The number of halogens is 1. The van der Waals surface area contributed by atoms with E-state index in [0.717, 1.165) is 49.1 Å². The Labute approximate surface area is 173 Å². The highest BCUT2D eigenvalue weighted by Crippen LogP contribution is 2.24. The molecule has 0 saturated heterocycles. The minimum atomic E-state index is -0.677. The SMILES string of the molecule is C=CCc1cnc(-c2ccc(-c3ccc(CCCCCC(C)F)cc3)cc2)cn1. The van der Waals surface area contributed by atoms with Gasteiger partial charge >= 0.3 is 0 Å². The second-order valence-electron chi connectivity index (χ2n) is 7.54. The van der Waals surface area contributed by atoms with Crippen molar-refractivity contribution in [1.29, 1.82) is 0 Å². The first-order valence-electron chi connectivity index (χ1n) is 10.4. The summed E-state index contributed by atoms with van der Waals surface area (Å²) in [5.41, 5.74) is 6.60. The first-order chi connectivity index (χ1) is 14.2. The molecule has 0 fully saturated rings. The summed E-state index contributed by atoms with van der Waals surface area (Å²) in [6.45, 7) is 5.37. The Morgan fingerprint density at radius 3 is 2.10 bits per heavy atom. The van der Waals surface area contributed by atoms with Crippen LogP contribution < -0.4 is 0 Å². The van der Waals surface area contributed by atoms with E-state index >= 15 is 0 Å². The van der Waals surface area contributed by atoms with Gasteiger partial charge in [-0.1, -0.05) is 67.4 Å². The van der Waals surface area contributed by atoms with Crippen LogP contribution in [0.5, 0.6) is 0 Å². The van der Waals surface area contributed by atoms with Gasteiger partial charge in [0.2, 0.25) is 0 Å². The molecule has 0 radical (unpaired) electrons. The summed E-state index contributed by atoms with van der Waals surface area (Å²) in [6, 6.07) is 17.2. The second kappa shape index (κ2) is 10.7. The van der Waals surface area contributed by atoms with Gasteiger partial charge in [0, 0.05) is 18.2 Å². The topological polar surface area (TPSA) is 25.8 Å². The molecule has 0 aliphatic heterocycles. The Balaban J connectivity index is 1.57. The maximum atomic E-state index is 12.8. The fourth-order valence-electron chi connectivity index (χ4n) is 3.39. The highest BCUT2D eigenvalue weighted by atomic mass is 19.1. The molecule has 1 unspecified atom stereocenters. The summed E-state index contributed by atoms with van der Waals surface area (Å²) in [5, 5.41) is 0. The quantitative estimate of drug-likeness (QED) is 0.276. The van der Waals surface area contributed by atoms with Gasteiger partial charge in [-0.15, -0.1) is 6.58 Å². The number of nitrogens with zero attached hydrogens (tertiary/aromatic N) is 2. The summed E-state index contributed by atoms with van der Waals surface area (Å²) >= 11 is 0. The maximum Gasteiger partial charge on any atom is 0.0973 e. The summed E-state index contributed by atoms with van der Waals surface area (Å²) in [5.74, 6) is 0. The fourth-order valence-corrected chi connectivity index (χ4v) is 3.39. The van der Waals surface area contributed by atoms with E-state index < -0.39 is 6.17 Å². The van der Waals surface area contributed by atoms with E-state index in [1.165, 1.54) is 16.7 Å². The zero-order valence-electron chi connectivity index (χ0n) is 17.2. The van der Waals surface area contributed by atoms with Crippen molar-refractivity contribution in [2.75, 3.05) is 0 Å². The van der Waals surface area contributed by atoms with E-state index in [0.29, 0.717) is 6.42 Å². The number of benzene rings is 2. The summed E-state index contributed by atoms with van der Waals surface area (Å²) in [4.78, 5) is 8.93. The molecule has 1 aromatic heterocycles. The van der Waals surface area contributed by atoms with Crippen molar-refractivity contribution in [1.82, 2.24) is 9.97 Å². The number of aromatic nitrogens is 2. The van der Waals surface area contributed by atoms with Crippen LogP contribution >= 0.6 is 0 Å². The normalized spacial score (nSPS) is 11.9. The highest BCUT2D eigenvalue weighted by molar-refractivity contribution is 5.68. The van der Waals surface area contributed by atoms with Gasteiger partial charge < -0.3 is 0 Å². The lowest BCUT2D eigenvalue weighted by molar-refractivity contribution is 0.330. The van der Waals surface area contributed by atoms with E-state index in [2.05, 4.69) is 65.1 Å². The van der Waals surface area contributed by atoms with Crippen LogP contribution in [0, 0.1) is 0 Å². The average molecular weight is 389 g/mol. The summed E-state index contributed by atoms with van der Waals surface area (Å²) in [6.07, 6.45) is 10.4. The molecule has 0 aliphatic carbocycles. The van der Waals surface area contributed by atoms with E-state index in [-0.39, 0.29) is 0 Å².